The molecule has 1 aliphatic heterocycles. The number of anilines is 1. The third-order valence-corrected chi connectivity index (χ3v) is 3.26. The summed E-state index contributed by atoms with van der Waals surface area (Å²) in [6.07, 6.45) is 0.900. The maximum atomic E-state index is 11.9. The molecule has 0 radical (unpaired) electrons. The Bertz CT molecular complexity index is 417. The normalized spacial score (nSPS) is 19.1. The maximum Gasteiger partial charge on any atom is 0.228 e. The minimum Gasteiger partial charge on any atom is -0.497 e. The fraction of sp³-hybridized carbons (Fsp3) is 0.417. The Labute approximate surface area is 109 Å². The Morgan fingerprint density at radius 3 is 3.00 bits per heavy atom. The Morgan fingerprint density at radius 2 is 2.35 bits per heavy atom. The zero-order valence-electron chi connectivity index (χ0n) is 9.63. The molecule has 1 amide bonds. The highest BCUT2D eigenvalue weighted by Crippen LogP contribution is 2.25. The van der Waals surface area contributed by atoms with Crippen LogP contribution in [0.3, 0.4) is 0 Å². The van der Waals surface area contributed by atoms with E-state index in [4.69, 9.17) is 4.74 Å². The van der Waals surface area contributed by atoms with Crippen molar-refractivity contribution in [3.63, 3.8) is 0 Å². The molecule has 0 aromatic heterocycles. The van der Waals surface area contributed by atoms with Crippen LogP contribution in [-0.2, 0) is 4.79 Å². The smallest absolute Gasteiger partial charge is 0.228 e. The SMILES string of the molecule is COc1cc(Br)cc(NC(=O)C2CCNC2)c1. The Kier molecular flexibility index (Phi) is 4.02. The first kappa shape index (κ1) is 12.4. The number of benzene rings is 1. The predicted molar refractivity (Wildman–Crippen MR) is 70.3 cm³/mol. The molecule has 92 valence electrons. The molecule has 0 bridgehead atoms. The first-order chi connectivity index (χ1) is 8.19. The maximum absolute atomic E-state index is 11.9. The summed E-state index contributed by atoms with van der Waals surface area (Å²) < 4.78 is 6.03. The van der Waals surface area contributed by atoms with Crippen LogP contribution in [-0.4, -0.2) is 26.1 Å². The van der Waals surface area contributed by atoms with Crippen LogP contribution < -0.4 is 15.4 Å². The highest BCUT2D eigenvalue weighted by Gasteiger charge is 2.22. The van der Waals surface area contributed by atoms with Crippen molar-refractivity contribution in [3.8, 4) is 5.75 Å². The van der Waals surface area contributed by atoms with E-state index in [0.717, 1.165) is 35.4 Å². The molecule has 0 spiro atoms. The molecule has 1 aromatic carbocycles. The number of nitrogens with one attached hydrogen (secondary N) is 2. The molecule has 4 nitrogen and oxygen atoms in total. The number of hydrogen-bond acceptors (Lipinski definition) is 3. The van der Waals surface area contributed by atoms with Crippen LogP contribution in [0.25, 0.3) is 0 Å². The van der Waals surface area contributed by atoms with E-state index in [1.165, 1.54) is 0 Å². The summed E-state index contributed by atoms with van der Waals surface area (Å²) in [7, 11) is 1.61. The summed E-state index contributed by atoms with van der Waals surface area (Å²) in [4.78, 5) is 11.9. The van der Waals surface area contributed by atoms with E-state index in [1.54, 1.807) is 7.11 Å². The summed E-state index contributed by atoms with van der Waals surface area (Å²) in [5.41, 5.74) is 0.758. The molecule has 0 saturated carbocycles. The van der Waals surface area contributed by atoms with E-state index in [0.29, 0.717) is 0 Å². The van der Waals surface area contributed by atoms with E-state index >= 15 is 0 Å². The molecule has 1 aliphatic rings. The second-order valence-electron chi connectivity index (χ2n) is 4.06. The third-order valence-electron chi connectivity index (χ3n) is 2.81. The molecular weight excluding hydrogens is 284 g/mol. The van der Waals surface area contributed by atoms with Crippen molar-refractivity contribution < 1.29 is 9.53 Å². The van der Waals surface area contributed by atoms with Crippen molar-refractivity contribution in [1.29, 1.82) is 0 Å². The van der Waals surface area contributed by atoms with Crippen LogP contribution in [0.4, 0.5) is 5.69 Å². The summed E-state index contributed by atoms with van der Waals surface area (Å²) in [6, 6.07) is 5.53. The summed E-state index contributed by atoms with van der Waals surface area (Å²) in [5.74, 6) is 0.856. The summed E-state index contributed by atoms with van der Waals surface area (Å²) in [5, 5.41) is 6.09. The van der Waals surface area contributed by atoms with Gasteiger partial charge in [-0.3, -0.25) is 4.79 Å². The predicted octanol–water partition coefficient (Wildman–Crippen LogP) is 2.01. The Morgan fingerprint density at radius 1 is 1.53 bits per heavy atom. The molecule has 1 atom stereocenters. The van der Waals surface area contributed by atoms with Gasteiger partial charge in [-0.2, -0.15) is 0 Å². The number of ether oxygens (including phenoxy) is 1. The van der Waals surface area contributed by atoms with Crippen LogP contribution in [0.5, 0.6) is 5.75 Å². The number of methoxy groups -OCH3 is 1. The number of hydrogen-bond donors (Lipinski definition) is 2. The van der Waals surface area contributed by atoms with Crippen molar-refractivity contribution >= 4 is 27.5 Å². The van der Waals surface area contributed by atoms with Crippen molar-refractivity contribution in [2.45, 2.75) is 6.42 Å². The molecule has 5 heteroatoms. The van der Waals surface area contributed by atoms with Gasteiger partial charge in [0.1, 0.15) is 5.75 Å². The average Bonchev–Trinajstić information content (AvgIpc) is 2.81. The van der Waals surface area contributed by atoms with Crippen LogP contribution in [0.15, 0.2) is 22.7 Å². The van der Waals surface area contributed by atoms with Gasteiger partial charge >= 0.3 is 0 Å². The van der Waals surface area contributed by atoms with Crippen molar-refractivity contribution in [3.05, 3.63) is 22.7 Å². The largest absolute Gasteiger partial charge is 0.497 e. The van der Waals surface area contributed by atoms with Gasteiger partial charge in [0, 0.05) is 22.8 Å². The van der Waals surface area contributed by atoms with Gasteiger partial charge in [-0.15, -0.1) is 0 Å². The van der Waals surface area contributed by atoms with Gasteiger partial charge in [-0.1, -0.05) is 15.9 Å². The standard InChI is InChI=1S/C12H15BrN2O2/c1-17-11-5-9(13)4-10(6-11)15-12(16)8-2-3-14-7-8/h4-6,8,14H,2-3,7H2,1H3,(H,15,16). The van der Waals surface area contributed by atoms with Crippen LogP contribution in [0.1, 0.15) is 6.42 Å². The van der Waals surface area contributed by atoms with Crippen molar-refractivity contribution in [2.24, 2.45) is 5.92 Å². The van der Waals surface area contributed by atoms with E-state index in [1.807, 2.05) is 18.2 Å². The molecule has 0 aliphatic carbocycles. The van der Waals surface area contributed by atoms with Gasteiger partial charge in [0.05, 0.1) is 13.0 Å². The van der Waals surface area contributed by atoms with E-state index in [-0.39, 0.29) is 11.8 Å². The van der Waals surface area contributed by atoms with Crippen molar-refractivity contribution in [2.75, 3.05) is 25.5 Å². The molecule has 1 fully saturated rings. The van der Waals surface area contributed by atoms with Gasteiger partial charge in [-0.05, 0) is 25.1 Å². The summed E-state index contributed by atoms with van der Waals surface area (Å²) in [6.45, 7) is 1.68. The lowest BCUT2D eigenvalue weighted by atomic mass is 10.1. The fourth-order valence-corrected chi connectivity index (χ4v) is 2.35. The molecule has 1 saturated heterocycles. The molecule has 17 heavy (non-hydrogen) atoms. The quantitative estimate of drug-likeness (QED) is 0.897. The van der Waals surface area contributed by atoms with E-state index in [9.17, 15) is 4.79 Å². The van der Waals surface area contributed by atoms with Crippen LogP contribution in [0, 0.1) is 5.92 Å². The third kappa shape index (κ3) is 3.20. The first-order valence-corrected chi connectivity index (χ1v) is 6.34. The minimum atomic E-state index is 0.0650. The number of amides is 1. The number of carbonyl (C=O) groups excluding carboxylic acids is 1. The molecular formula is C12H15BrN2O2. The number of rotatable bonds is 3. The second kappa shape index (κ2) is 5.51. The first-order valence-electron chi connectivity index (χ1n) is 5.55. The highest BCUT2D eigenvalue weighted by atomic mass is 79.9. The lowest BCUT2D eigenvalue weighted by Gasteiger charge is -2.11. The van der Waals surface area contributed by atoms with Gasteiger partial charge in [-0.25, -0.2) is 0 Å². The molecule has 1 unspecified atom stereocenters. The highest BCUT2D eigenvalue weighted by molar-refractivity contribution is 9.10. The molecule has 2 rings (SSSR count). The number of halogens is 1. The van der Waals surface area contributed by atoms with Crippen molar-refractivity contribution in [1.82, 2.24) is 5.32 Å². The van der Waals surface area contributed by atoms with Crippen LogP contribution >= 0.6 is 15.9 Å². The molecule has 2 N–H and O–H groups in total. The van der Waals surface area contributed by atoms with Gasteiger partial charge in [0.2, 0.25) is 5.91 Å². The topological polar surface area (TPSA) is 50.4 Å². The Hall–Kier alpha value is -1.07. The molecule has 1 aromatic rings. The minimum absolute atomic E-state index is 0.0650. The second-order valence-corrected chi connectivity index (χ2v) is 4.97. The summed E-state index contributed by atoms with van der Waals surface area (Å²) >= 11 is 3.38. The van der Waals surface area contributed by atoms with Crippen LogP contribution in [0.2, 0.25) is 0 Å². The van der Waals surface area contributed by atoms with Gasteiger partial charge < -0.3 is 15.4 Å². The zero-order valence-corrected chi connectivity index (χ0v) is 11.2. The fourth-order valence-electron chi connectivity index (χ4n) is 1.88. The zero-order chi connectivity index (χ0) is 12.3. The van der Waals surface area contributed by atoms with E-state index < -0.39 is 0 Å². The lowest BCUT2D eigenvalue weighted by Crippen LogP contribution is -2.24. The van der Waals surface area contributed by atoms with Gasteiger partial charge in [0.15, 0.2) is 0 Å². The average molecular weight is 299 g/mol. The molecule has 1 heterocycles. The number of carbonyl (C=O) groups is 1. The Balaban J connectivity index is 2.06. The van der Waals surface area contributed by atoms with E-state index in [2.05, 4.69) is 26.6 Å². The van der Waals surface area contributed by atoms with Gasteiger partial charge in [0.25, 0.3) is 0 Å². The monoisotopic (exact) mass is 298 g/mol. The lowest BCUT2D eigenvalue weighted by molar-refractivity contribution is -0.119.